The van der Waals surface area contributed by atoms with E-state index in [-0.39, 0.29) is 39.7 Å². The number of anilines is 2. The van der Waals surface area contributed by atoms with Crippen LogP contribution in [0.3, 0.4) is 0 Å². The number of ketones is 2. The van der Waals surface area contributed by atoms with E-state index in [0.29, 0.717) is 6.42 Å². The number of amides is 1. The zero-order valence-corrected chi connectivity index (χ0v) is 23.1. The number of benzene rings is 2. The Labute approximate surface area is 226 Å². The monoisotopic (exact) mass is 576 g/mol. The molecule has 1 aliphatic carbocycles. The first kappa shape index (κ1) is 28.4. The van der Waals surface area contributed by atoms with Gasteiger partial charge in [-0.15, -0.1) is 4.40 Å². The number of hydrogen-bond donors (Lipinski definition) is 3. The zero-order valence-electron chi connectivity index (χ0n) is 21.4. The van der Waals surface area contributed by atoms with Crippen molar-refractivity contribution in [3.63, 3.8) is 0 Å². The fourth-order valence-corrected chi connectivity index (χ4v) is 6.42. The number of Topliss-reactive ketones (excluding diaryl/α,β-unsaturated/α-hetero) is 2. The Balaban J connectivity index is 1.84. The summed E-state index contributed by atoms with van der Waals surface area (Å²) in [5.74, 6) is -4.25. The van der Waals surface area contributed by atoms with Gasteiger partial charge in [-0.05, 0) is 37.0 Å². The van der Waals surface area contributed by atoms with Crippen molar-refractivity contribution in [1.82, 2.24) is 0 Å². The lowest BCUT2D eigenvalue weighted by Gasteiger charge is -2.41. The molecule has 39 heavy (non-hydrogen) atoms. The third-order valence-corrected chi connectivity index (χ3v) is 8.34. The van der Waals surface area contributed by atoms with Gasteiger partial charge in [-0.2, -0.15) is 8.42 Å². The van der Waals surface area contributed by atoms with Gasteiger partial charge in [0.05, 0.1) is 11.9 Å². The Hall–Kier alpha value is -3.62. The number of hydrogen-bond acceptors (Lipinski definition) is 9. The maximum absolute atomic E-state index is 14.2. The smallest absolute Gasteiger partial charge is 0.286 e. The van der Waals surface area contributed by atoms with Gasteiger partial charge in [0.15, 0.2) is 17.2 Å². The summed E-state index contributed by atoms with van der Waals surface area (Å²) in [6.45, 7) is 3.27. The van der Waals surface area contributed by atoms with E-state index in [2.05, 4.69) is 14.4 Å². The van der Waals surface area contributed by atoms with Crippen molar-refractivity contribution < 1.29 is 36.0 Å². The first-order valence-corrected chi connectivity index (χ1v) is 15.3. The summed E-state index contributed by atoms with van der Waals surface area (Å²) in [6.07, 6.45) is 1.51. The lowest BCUT2D eigenvalue weighted by Crippen LogP contribution is -2.54. The molecule has 0 saturated carbocycles. The highest BCUT2D eigenvalue weighted by atomic mass is 32.2. The molecule has 14 heteroatoms. The number of carbonyl (C=O) groups is 3. The van der Waals surface area contributed by atoms with Crippen LogP contribution in [0.2, 0.25) is 0 Å². The number of nitrogens with zero attached hydrogens (tertiary/aromatic N) is 1. The Morgan fingerprint density at radius 1 is 1.21 bits per heavy atom. The number of nitrogens with two attached hydrogens (primary N) is 1. The minimum Gasteiger partial charge on any atom is -0.368 e. The summed E-state index contributed by atoms with van der Waals surface area (Å²) in [5, 5.41) is 2.78. The van der Waals surface area contributed by atoms with Gasteiger partial charge < -0.3 is 15.8 Å². The van der Waals surface area contributed by atoms with E-state index in [9.17, 15) is 31.2 Å². The van der Waals surface area contributed by atoms with E-state index < -0.39 is 61.5 Å². The standard InChI is InChI=1S/C25H28N4O8S2/c1-14(2)10-11-25(37-13-20(26)30)17-7-5-4-6-16(17)22(31)21(23(25)32)24-27-18-9-8-15(28-38(3,33)34)12-19(18)39(35,36)29-24/h4-9,12,14,21,28H,10-11,13H2,1-3H3,(H2,26,30)(H,27,29). The van der Waals surface area contributed by atoms with Gasteiger partial charge in [0, 0.05) is 16.8 Å². The van der Waals surface area contributed by atoms with E-state index >= 15 is 0 Å². The van der Waals surface area contributed by atoms with Crippen LogP contribution in [-0.4, -0.2) is 53.0 Å². The molecule has 0 aromatic heterocycles. The largest absolute Gasteiger partial charge is 0.368 e. The van der Waals surface area contributed by atoms with Crippen LogP contribution in [0.25, 0.3) is 0 Å². The minimum absolute atomic E-state index is 0.00402. The van der Waals surface area contributed by atoms with Crippen LogP contribution >= 0.6 is 0 Å². The average Bonchev–Trinajstić information content (AvgIpc) is 2.83. The van der Waals surface area contributed by atoms with E-state index in [0.717, 1.165) is 12.3 Å². The molecule has 4 N–H and O–H groups in total. The fourth-order valence-electron chi connectivity index (χ4n) is 4.69. The van der Waals surface area contributed by atoms with E-state index in [4.69, 9.17) is 10.5 Å². The number of rotatable bonds is 9. The summed E-state index contributed by atoms with van der Waals surface area (Å²) >= 11 is 0. The number of fused-ring (bicyclic) bond motifs is 2. The predicted octanol–water partition coefficient (Wildman–Crippen LogP) is 1.79. The number of primary amides is 1. The summed E-state index contributed by atoms with van der Waals surface area (Å²) in [4.78, 5) is 39.2. The molecule has 2 unspecified atom stereocenters. The fraction of sp³-hybridized carbons (Fsp3) is 0.360. The van der Waals surface area contributed by atoms with E-state index in [1.165, 1.54) is 18.2 Å². The Morgan fingerprint density at radius 2 is 1.90 bits per heavy atom. The van der Waals surface area contributed by atoms with Crippen molar-refractivity contribution in [2.24, 2.45) is 22.0 Å². The van der Waals surface area contributed by atoms with Crippen molar-refractivity contribution in [2.75, 3.05) is 22.9 Å². The van der Waals surface area contributed by atoms with Crippen LogP contribution in [-0.2, 0) is 40.0 Å². The first-order chi connectivity index (χ1) is 18.1. The van der Waals surface area contributed by atoms with Gasteiger partial charge in [-0.1, -0.05) is 38.1 Å². The van der Waals surface area contributed by atoms with E-state index in [1.807, 2.05) is 13.8 Å². The normalized spacial score (nSPS) is 21.9. The molecule has 12 nitrogen and oxygen atoms in total. The van der Waals surface area contributed by atoms with Crippen LogP contribution in [0.15, 0.2) is 51.8 Å². The Kier molecular flexibility index (Phi) is 7.40. The van der Waals surface area contributed by atoms with Crippen molar-refractivity contribution >= 4 is 54.7 Å². The van der Waals surface area contributed by atoms with Gasteiger partial charge >= 0.3 is 0 Å². The molecular formula is C25H28N4O8S2. The summed E-state index contributed by atoms with van der Waals surface area (Å²) in [6, 6.07) is 10.0. The molecule has 208 valence electrons. The molecule has 0 radical (unpaired) electrons. The average molecular weight is 577 g/mol. The molecule has 0 spiro atoms. The maximum Gasteiger partial charge on any atom is 0.286 e. The lowest BCUT2D eigenvalue weighted by molar-refractivity contribution is -0.154. The van der Waals surface area contributed by atoms with Crippen LogP contribution < -0.4 is 15.8 Å². The molecule has 1 amide bonds. The van der Waals surface area contributed by atoms with Crippen molar-refractivity contribution in [1.29, 1.82) is 0 Å². The van der Waals surface area contributed by atoms with Crippen molar-refractivity contribution in [2.45, 2.75) is 37.2 Å². The predicted molar refractivity (Wildman–Crippen MR) is 143 cm³/mol. The van der Waals surface area contributed by atoms with Crippen LogP contribution in [0, 0.1) is 11.8 Å². The molecule has 4 rings (SSSR count). The van der Waals surface area contributed by atoms with Crippen molar-refractivity contribution in [3.8, 4) is 0 Å². The zero-order chi connectivity index (χ0) is 28.8. The minimum atomic E-state index is -4.46. The SMILES string of the molecule is CC(C)CCC1(OCC(N)=O)C(=O)C(C2=NS(=O)(=O)c3cc(NS(C)(=O)=O)ccc3N2)C(=O)c2ccccc21. The molecule has 2 atom stereocenters. The molecule has 1 aliphatic heterocycles. The highest BCUT2D eigenvalue weighted by Gasteiger charge is 2.55. The van der Waals surface area contributed by atoms with Crippen LogP contribution in [0.1, 0.15) is 42.6 Å². The van der Waals surface area contributed by atoms with Gasteiger partial charge in [0.1, 0.15) is 23.3 Å². The first-order valence-electron chi connectivity index (χ1n) is 12.0. The third-order valence-electron chi connectivity index (χ3n) is 6.40. The Morgan fingerprint density at radius 3 is 2.54 bits per heavy atom. The Bertz CT molecular complexity index is 1620. The van der Waals surface area contributed by atoms with E-state index in [1.54, 1.807) is 18.2 Å². The second-order valence-corrected chi connectivity index (χ2v) is 13.2. The molecular weight excluding hydrogens is 548 g/mol. The summed E-state index contributed by atoms with van der Waals surface area (Å²) < 4.78 is 61.4. The summed E-state index contributed by atoms with van der Waals surface area (Å²) in [5.41, 5.74) is 3.98. The topological polar surface area (TPSA) is 191 Å². The molecule has 2 aliphatic rings. The molecule has 2 aromatic carbocycles. The van der Waals surface area contributed by atoms with Gasteiger partial charge in [0.25, 0.3) is 10.0 Å². The molecule has 1 heterocycles. The molecule has 0 bridgehead atoms. The molecule has 0 saturated heterocycles. The maximum atomic E-state index is 14.2. The number of amidine groups is 1. The number of nitrogens with one attached hydrogen (secondary N) is 2. The van der Waals surface area contributed by atoms with Crippen LogP contribution in [0.5, 0.6) is 0 Å². The number of carbonyl (C=O) groups excluding carboxylic acids is 3. The number of sulfonamides is 2. The van der Waals surface area contributed by atoms with Crippen LogP contribution in [0.4, 0.5) is 11.4 Å². The second kappa shape index (κ2) is 10.2. The van der Waals surface area contributed by atoms with Crippen molar-refractivity contribution in [3.05, 3.63) is 53.6 Å². The quantitative estimate of drug-likeness (QED) is 0.373. The highest BCUT2D eigenvalue weighted by Crippen LogP contribution is 2.44. The molecule has 2 aromatic rings. The third kappa shape index (κ3) is 5.58. The summed E-state index contributed by atoms with van der Waals surface area (Å²) in [7, 11) is -8.15. The van der Waals surface area contributed by atoms with Gasteiger partial charge in [-0.25, -0.2) is 8.42 Å². The lowest BCUT2D eigenvalue weighted by atomic mass is 9.69. The number of ether oxygens (including phenoxy) is 1. The van der Waals surface area contributed by atoms with Gasteiger partial charge in [-0.3, -0.25) is 19.1 Å². The second-order valence-electron chi connectivity index (χ2n) is 9.88. The van der Waals surface area contributed by atoms with Gasteiger partial charge in [0.2, 0.25) is 15.9 Å². The molecule has 0 fully saturated rings. The highest BCUT2D eigenvalue weighted by molar-refractivity contribution is 7.92.